The fourth-order valence-electron chi connectivity index (χ4n) is 9.48. The quantitative estimate of drug-likeness (QED) is 0.0623. The smallest absolute Gasteiger partial charge is 0.251 e. The summed E-state index contributed by atoms with van der Waals surface area (Å²) >= 11 is 0. The van der Waals surface area contributed by atoms with E-state index in [0.717, 1.165) is 0 Å². The van der Waals surface area contributed by atoms with Crippen molar-refractivity contribution in [3.63, 3.8) is 0 Å². The number of likely N-dealkylation sites (N-methyl/N-ethyl adjacent to an activating group) is 2. The number of nitrogens with zero attached hydrogens (tertiary/aromatic N) is 6. The van der Waals surface area contributed by atoms with Gasteiger partial charge in [0.25, 0.3) is 11.8 Å². The highest BCUT2D eigenvalue weighted by Gasteiger charge is 2.47. The molecule has 22 nitrogen and oxygen atoms in total. The molecule has 422 valence electrons. The molecule has 2 aliphatic rings. The highest BCUT2D eigenvalue weighted by molar-refractivity contribution is 6.04. The van der Waals surface area contributed by atoms with Crippen LogP contribution in [0.1, 0.15) is 88.9 Å². The Morgan fingerprint density at radius 2 is 0.838 bits per heavy atom. The standard InChI is InChI=1S/C58H72N14O8/c1-33(59-9)49(73)69-45(57(3,4)5)55(79)71-31-37(29-43(71)53(77)67-41-19-13-11-17-39(41)47-61-25-15-26-62-47)65-51(75)35-21-23-36(24-22-35)52(76)66-38-30-44(54(78)68-42-20-14-12-18-40(42)48-63-27-16-28-64-48)72(32-38)56(80)46(58(6,7)8)70-50(74)34(2)60-10/h11-28,33-34,37-38,43-46,59-60H,29-32H2,1-10H3,(H,65,75)(H,66,76)(H,67,77)(H,68,78)(H,69,73)(H,70,74). The first kappa shape index (κ1) is 59.2. The SMILES string of the molecule is CNC(C)C(=O)NC(C(=O)N1CC(NC(=O)c2ccc(C(=O)NC3CC(C(=O)Nc4ccccc4-c4ncccn4)N(C(=O)C(NC(=O)C(C)NC)C(C)(C)C)C3)cc2)CC1C(=O)Nc1ccccc1-c1ncccn1)C(C)(C)C. The van der Waals surface area contributed by atoms with Crippen molar-refractivity contribution in [3.8, 4) is 22.8 Å². The molecule has 0 spiro atoms. The predicted molar refractivity (Wildman–Crippen MR) is 301 cm³/mol. The molecule has 80 heavy (non-hydrogen) atoms. The molecule has 2 aromatic heterocycles. The van der Waals surface area contributed by atoms with Crippen molar-refractivity contribution < 1.29 is 38.4 Å². The van der Waals surface area contributed by atoms with E-state index in [0.29, 0.717) is 34.2 Å². The average molecular weight is 1090 g/mol. The van der Waals surface area contributed by atoms with Crippen molar-refractivity contribution in [1.29, 1.82) is 0 Å². The number of hydrogen-bond donors (Lipinski definition) is 8. The number of para-hydroxylation sites is 2. The van der Waals surface area contributed by atoms with Crippen LogP contribution in [-0.2, 0) is 28.8 Å². The summed E-state index contributed by atoms with van der Waals surface area (Å²) in [6.45, 7) is 14.1. The Morgan fingerprint density at radius 3 is 1.16 bits per heavy atom. The predicted octanol–water partition coefficient (Wildman–Crippen LogP) is 3.55. The second-order valence-corrected chi connectivity index (χ2v) is 22.3. The van der Waals surface area contributed by atoms with Gasteiger partial charge in [-0.2, -0.15) is 0 Å². The molecular weight excluding hydrogens is 1020 g/mol. The summed E-state index contributed by atoms with van der Waals surface area (Å²) in [6, 6.07) is 16.3. The fourth-order valence-corrected chi connectivity index (χ4v) is 9.48. The summed E-state index contributed by atoms with van der Waals surface area (Å²) in [5.74, 6) is -3.19. The van der Waals surface area contributed by atoms with E-state index in [1.807, 2.05) is 41.5 Å². The highest BCUT2D eigenvalue weighted by atomic mass is 16.2. The molecule has 0 aliphatic carbocycles. The zero-order valence-electron chi connectivity index (χ0n) is 46.8. The topological polar surface area (TPSA) is 291 Å². The third-order valence-corrected chi connectivity index (χ3v) is 14.3. The van der Waals surface area contributed by atoms with Crippen LogP contribution in [0.25, 0.3) is 22.8 Å². The number of likely N-dealkylation sites (tertiary alicyclic amines) is 2. The van der Waals surface area contributed by atoms with Crippen LogP contribution in [0.2, 0.25) is 0 Å². The molecule has 4 heterocycles. The van der Waals surface area contributed by atoms with Gasteiger partial charge < -0.3 is 52.3 Å². The zero-order valence-corrected chi connectivity index (χ0v) is 46.8. The number of benzene rings is 3. The number of hydrogen-bond acceptors (Lipinski definition) is 14. The van der Waals surface area contributed by atoms with Crippen LogP contribution in [0.5, 0.6) is 0 Å². The Kier molecular flexibility index (Phi) is 18.9. The van der Waals surface area contributed by atoms with Crippen molar-refractivity contribution in [3.05, 3.63) is 121 Å². The van der Waals surface area contributed by atoms with E-state index < -0.39 is 106 Å². The Bertz CT molecular complexity index is 2850. The molecule has 22 heteroatoms. The lowest BCUT2D eigenvalue weighted by Crippen LogP contribution is -2.59. The minimum Gasteiger partial charge on any atom is -0.347 e. The maximum atomic E-state index is 14.7. The third kappa shape index (κ3) is 14.2. The Hall–Kier alpha value is -8.50. The molecule has 8 N–H and O–H groups in total. The van der Waals surface area contributed by atoms with E-state index in [2.05, 4.69) is 62.5 Å². The molecule has 0 saturated carbocycles. The molecule has 2 saturated heterocycles. The monoisotopic (exact) mass is 1090 g/mol. The van der Waals surface area contributed by atoms with Gasteiger partial charge in [-0.3, -0.25) is 38.4 Å². The molecule has 5 aromatic rings. The summed E-state index contributed by atoms with van der Waals surface area (Å²) in [5, 5.41) is 23.4. The summed E-state index contributed by atoms with van der Waals surface area (Å²) in [6.07, 6.45) is 6.39. The van der Waals surface area contributed by atoms with Crippen molar-refractivity contribution in [2.75, 3.05) is 37.8 Å². The average Bonchev–Trinajstić information content (AvgIpc) is 4.09. The summed E-state index contributed by atoms with van der Waals surface area (Å²) in [4.78, 5) is 133. The normalized spacial score (nSPS) is 18.7. The van der Waals surface area contributed by atoms with Crippen LogP contribution in [-0.4, -0.2) is 153 Å². The van der Waals surface area contributed by atoms with Gasteiger partial charge in [0.05, 0.1) is 23.5 Å². The Morgan fingerprint density at radius 1 is 0.500 bits per heavy atom. The second kappa shape index (κ2) is 25.5. The van der Waals surface area contributed by atoms with Crippen LogP contribution < -0.4 is 42.5 Å². The number of carbonyl (C=O) groups is 8. The van der Waals surface area contributed by atoms with E-state index in [1.54, 1.807) is 113 Å². The van der Waals surface area contributed by atoms with Crippen molar-refractivity contribution in [1.82, 2.24) is 61.6 Å². The molecule has 2 aliphatic heterocycles. The van der Waals surface area contributed by atoms with Gasteiger partial charge in [0.2, 0.25) is 35.4 Å². The number of anilines is 2. The largest absolute Gasteiger partial charge is 0.347 e. The number of amides is 8. The van der Waals surface area contributed by atoms with Gasteiger partial charge in [0, 0.05) is 72.2 Å². The van der Waals surface area contributed by atoms with Gasteiger partial charge in [-0.05, 0) is 112 Å². The van der Waals surface area contributed by atoms with E-state index in [9.17, 15) is 38.4 Å². The number of rotatable bonds is 18. The lowest BCUT2D eigenvalue weighted by molar-refractivity contribution is -0.143. The van der Waals surface area contributed by atoms with E-state index in [-0.39, 0.29) is 37.1 Å². The number of aromatic nitrogens is 4. The lowest BCUT2D eigenvalue weighted by atomic mass is 9.85. The molecule has 8 unspecified atom stereocenters. The maximum absolute atomic E-state index is 14.7. The summed E-state index contributed by atoms with van der Waals surface area (Å²) in [7, 11) is 3.26. The molecule has 3 aromatic carbocycles. The van der Waals surface area contributed by atoms with Crippen LogP contribution in [0.15, 0.2) is 110 Å². The highest BCUT2D eigenvalue weighted by Crippen LogP contribution is 2.32. The van der Waals surface area contributed by atoms with Crippen molar-refractivity contribution in [2.24, 2.45) is 10.8 Å². The molecule has 0 radical (unpaired) electrons. The van der Waals surface area contributed by atoms with Crippen LogP contribution in [0.4, 0.5) is 11.4 Å². The molecule has 0 bridgehead atoms. The summed E-state index contributed by atoms with van der Waals surface area (Å²) < 4.78 is 0. The zero-order chi connectivity index (χ0) is 58.1. The van der Waals surface area contributed by atoms with Crippen LogP contribution >= 0.6 is 0 Å². The van der Waals surface area contributed by atoms with Gasteiger partial charge in [-0.25, -0.2) is 19.9 Å². The first-order chi connectivity index (χ1) is 38.0. The first-order valence-electron chi connectivity index (χ1n) is 26.6. The second-order valence-electron chi connectivity index (χ2n) is 22.3. The van der Waals surface area contributed by atoms with E-state index in [1.165, 1.54) is 34.1 Å². The minimum atomic E-state index is -1.08. The molecule has 2 fully saturated rings. The van der Waals surface area contributed by atoms with Gasteiger partial charge >= 0.3 is 0 Å². The number of nitrogens with one attached hydrogen (secondary N) is 8. The Labute approximate surface area is 465 Å². The van der Waals surface area contributed by atoms with Gasteiger partial charge in [-0.1, -0.05) is 65.8 Å². The number of carbonyl (C=O) groups excluding carboxylic acids is 8. The first-order valence-corrected chi connectivity index (χ1v) is 26.6. The van der Waals surface area contributed by atoms with E-state index >= 15 is 0 Å². The van der Waals surface area contributed by atoms with E-state index in [4.69, 9.17) is 0 Å². The fraction of sp³-hybridized carbons (Fsp3) is 0.414. The minimum absolute atomic E-state index is 0.0252. The van der Waals surface area contributed by atoms with Crippen molar-refractivity contribution in [2.45, 2.75) is 117 Å². The Balaban J connectivity index is 1.08. The van der Waals surface area contributed by atoms with Gasteiger partial charge in [-0.15, -0.1) is 0 Å². The molecule has 8 amide bonds. The third-order valence-electron chi connectivity index (χ3n) is 14.3. The summed E-state index contributed by atoms with van der Waals surface area (Å²) in [5.41, 5.74) is 0.714. The van der Waals surface area contributed by atoms with Crippen LogP contribution in [0.3, 0.4) is 0 Å². The molecule has 7 rings (SSSR count). The molecular formula is C58H72N14O8. The molecule has 8 atom stereocenters. The maximum Gasteiger partial charge on any atom is 0.251 e. The van der Waals surface area contributed by atoms with Gasteiger partial charge in [0.15, 0.2) is 11.6 Å². The van der Waals surface area contributed by atoms with Crippen LogP contribution in [0, 0.1) is 10.8 Å². The van der Waals surface area contributed by atoms with Gasteiger partial charge in [0.1, 0.15) is 24.2 Å². The lowest BCUT2D eigenvalue weighted by Gasteiger charge is -2.36. The van der Waals surface area contributed by atoms with Crippen molar-refractivity contribution >= 4 is 58.6 Å².